The Bertz CT molecular complexity index is 1720. The van der Waals surface area contributed by atoms with Gasteiger partial charge in [-0.2, -0.15) is 0 Å². The Balaban J connectivity index is 1.19. The molecule has 0 atom stereocenters. The molecule has 44 heavy (non-hydrogen) atoms. The van der Waals surface area contributed by atoms with E-state index < -0.39 is 10.0 Å². The van der Waals surface area contributed by atoms with E-state index in [0.29, 0.717) is 30.4 Å². The number of likely N-dealkylation sites (tertiary alicyclic amines) is 1. The third-order valence-corrected chi connectivity index (χ3v) is 10.9. The average molecular weight is 629 g/mol. The summed E-state index contributed by atoms with van der Waals surface area (Å²) < 4.78 is 36.0. The number of sulfonamides is 1. The lowest BCUT2D eigenvalue weighted by Gasteiger charge is -2.33. The van der Waals surface area contributed by atoms with Crippen molar-refractivity contribution < 1.29 is 13.2 Å². The molecule has 0 aliphatic carbocycles. The molecule has 0 spiro atoms. The number of thiophene rings is 1. The van der Waals surface area contributed by atoms with Gasteiger partial charge in [0.1, 0.15) is 17.7 Å². The molecular formula is C33H36N6O3S2. The van der Waals surface area contributed by atoms with Crippen LogP contribution in [0.25, 0.3) is 0 Å². The molecule has 0 saturated carbocycles. The summed E-state index contributed by atoms with van der Waals surface area (Å²) in [6, 6.07) is 25.9. The molecule has 0 radical (unpaired) electrons. The first-order valence-corrected chi connectivity index (χ1v) is 17.0. The van der Waals surface area contributed by atoms with Gasteiger partial charge in [-0.3, -0.25) is 15.1 Å². The number of hydrogen-bond acceptors (Lipinski definition) is 6. The van der Waals surface area contributed by atoms with Gasteiger partial charge in [0, 0.05) is 39.0 Å². The van der Waals surface area contributed by atoms with Gasteiger partial charge in [0.25, 0.3) is 10.0 Å². The number of benzene rings is 3. The summed E-state index contributed by atoms with van der Waals surface area (Å²) in [6.07, 6.45) is 2.33. The van der Waals surface area contributed by atoms with Crippen LogP contribution in [0.2, 0.25) is 0 Å². The molecule has 1 saturated heterocycles. The predicted molar refractivity (Wildman–Crippen MR) is 175 cm³/mol. The number of hydrogen-bond donors (Lipinski definition) is 3. The number of nitrogens with two attached hydrogens (primary N) is 1. The van der Waals surface area contributed by atoms with Crippen molar-refractivity contribution in [1.29, 1.82) is 10.8 Å². The van der Waals surface area contributed by atoms with Gasteiger partial charge in [0.05, 0.1) is 22.0 Å². The lowest BCUT2D eigenvalue weighted by atomic mass is 9.99. The first-order chi connectivity index (χ1) is 21.3. The summed E-state index contributed by atoms with van der Waals surface area (Å²) in [7, 11) is -3.93. The molecule has 6 rings (SSSR count). The summed E-state index contributed by atoms with van der Waals surface area (Å²) in [6.45, 7) is 2.80. The Kier molecular flexibility index (Phi) is 8.58. The van der Waals surface area contributed by atoms with E-state index in [-0.39, 0.29) is 23.5 Å². The number of ether oxygens (including phenoxy) is 1. The van der Waals surface area contributed by atoms with E-state index in [4.69, 9.17) is 21.3 Å². The van der Waals surface area contributed by atoms with E-state index in [1.807, 2.05) is 66.0 Å². The normalized spacial score (nSPS) is 15.5. The van der Waals surface area contributed by atoms with Gasteiger partial charge in [-0.15, -0.1) is 11.3 Å². The van der Waals surface area contributed by atoms with Crippen LogP contribution in [0.15, 0.2) is 95.2 Å². The molecule has 228 valence electrons. The van der Waals surface area contributed by atoms with Gasteiger partial charge >= 0.3 is 0 Å². The number of guanidine groups is 1. The van der Waals surface area contributed by atoms with Crippen LogP contribution in [0, 0.1) is 10.8 Å². The van der Waals surface area contributed by atoms with Crippen LogP contribution in [-0.4, -0.2) is 55.8 Å². The highest BCUT2D eigenvalue weighted by Gasteiger charge is 2.28. The first-order valence-electron chi connectivity index (χ1n) is 14.7. The fourth-order valence-electron chi connectivity index (χ4n) is 5.74. The van der Waals surface area contributed by atoms with E-state index in [1.165, 1.54) is 4.31 Å². The highest BCUT2D eigenvalue weighted by Crippen LogP contribution is 2.31. The third-order valence-electron chi connectivity index (χ3n) is 8.23. The lowest BCUT2D eigenvalue weighted by Crippen LogP contribution is -2.41. The predicted octanol–water partition coefficient (Wildman–Crippen LogP) is 5.26. The van der Waals surface area contributed by atoms with Gasteiger partial charge in [0.15, 0.2) is 5.96 Å². The van der Waals surface area contributed by atoms with E-state index >= 15 is 0 Å². The summed E-state index contributed by atoms with van der Waals surface area (Å²) in [5.74, 6) is 1.20. The van der Waals surface area contributed by atoms with Gasteiger partial charge in [-0.05, 0) is 71.0 Å². The van der Waals surface area contributed by atoms with Gasteiger partial charge in [0.2, 0.25) is 0 Å². The molecule has 2 aliphatic heterocycles. The molecule has 9 nitrogen and oxygen atoms in total. The van der Waals surface area contributed by atoms with Crippen LogP contribution < -0.4 is 14.8 Å². The van der Waals surface area contributed by atoms with Crippen molar-refractivity contribution in [3.63, 3.8) is 0 Å². The maximum absolute atomic E-state index is 14.2. The zero-order chi connectivity index (χ0) is 30.7. The smallest absolute Gasteiger partial charge is 0.264 e. The van der Waals surface area contributed by atoms with Crippen LogP contribution in [0.5, 0.6) is 5.75 Å². The largest absolute Gasteiger partial charge is 0.490 e. The molecule has 0 amide bonds. The number of nitrogens with one attached hydrogen (secondary N) is 2. The SMILES string of the molecule is N=C(N)N1CCc2ccc(N(Cc3ccccc3)S(=O)(=O)c3ccc(OC4CCN(C(=N)c5cccs5)CC4)cc3)cc2C1. The summed E-state index contributed by atoms with van der Waals surface area (Å²) in [5, 5.41) is 18.3. The molecule has 1 fully saturated rings. The minimum Gasteiger partial charge on any atom is -0.490 e. The number of anilines is 1. The molecule has 4 N–H and O–H groups in total. The van der Waals surface area contributed by atoms with E-state index in [0.717, 1.165) is 53.9 Å². The van der Waals surface area contributed by atoms with Crippen molar-refractivity contribution >= 4 is 38.8 Å². The first kappa shape index (κ1) is 29.7. The molecular weight excluding hydrogens is 593 g/mol. The number of rotatable bonds is 8. The van der Waals surface area contributed by atoms with Crippen molar-refractivity contribution in [1.82, 2.24) is 9.80 Å². The Hall–Kier alpha value is -4.35. The third kappa shape index (κ3) is 6.44. The number of amidine groups is 1. The summed E-state index contributed by atoms with van der Waals surface area (Å²) in [5.41, 5.74) is 9.31. The van der Waals surface area contributed by atoms with Crippen molar-refractivity contribution in [2.24, 2.45) is 5.73 Å². The lowest BCUT2D eigenvalue weighted by molar-refractivity contribution is 0.131. The van der Waals surface area contributed by atoms with Crippen LogP contribution in [0.1, 0.15) is 34.4 Å². The molecule has 11 heteroatoms. The highest BCUT2D eigenvalue weighted by atomic mass is 32.2. The molecule has 3 aromatic carbocycles. The quantitative estimate of drug-likeness (QED) is 0.180. The van der Waals surface area contributed by atoms with Gasteiger partial charge in [-0.1, -0.05) is 42.5 Å². The maximum atomic E-state index is 14.2. The van der Waals surface area contributed by atoms with E-state index in [9.17, 15) is 8.42 Å². The molecule has 3 heterocycles. The fourth-order valence-corrected chi connectivity index (χ4v) is 7.89. The van der Waals surface area contributed by atoms with Crippen LogP contribution in [0.3, 0.4) is 0 Å². The Labute approximate surface area is 262 Å². The van der Waals surface area contributed by atoms with Gasteiger partial charge < -0.3 is 20.3 Å². The zero-order valence-electron chi connectivity index (χ0n) is 24.4. The van der Waals surface area contributed by atoms with E-state index in [1.54, 1.807) is 40.5 Å². The molecule has 1 aromatic heterocycles. The Morgan fingerprint density at radius 2 is 1.66 bits per heavy atom. The highest BCUT2D eigenvalue weighted by molar-refractivity contribution is 7.92. The van der Waals surface area contributed by atoms with Crippen molar-refractivity contribution in [2.45, 2.75) is 43.4 Å². The number of nitrogens with zero attached hydrogens (tertiary/aromatic N) is 3. The molecule has 4 aromatic rings. The summed E-state index contributed by atoms with van der Waals surface area (Å²) >= 11 is 1.57. The number of fused-ring (bicyclic) bond motifs is 1. The molecule has 2 aliphatic rings. The average Bonchev–Trinajstić information content (AvgIpc) is 3.59. The van der Waals surface area contributed by atoms with Gasteiger partial charge in [-0.25, -0.2) is 8.42 Å². The van der Waals surface area contributed by atoms with Crippen LogP contribution >= 0.6 is 11.3 Å². The summed E-state index contributed by atoms with van der Waals surface area (Å²) in [4.78, 5) is 5.03. The van der Waals surface area contributed by atoms with E-state index in [2.05, 4.69) is 4.90 Å². The monoisotopic (exact) mass is 628 g/mol. The Morgan fingerprint density at radius 1 is 0.909 bits per heavy atom. The second kappa shape index (κ2) is 12.7. The van der Waals surface area contributed by atoms with Crippen molar-refractivity contribution in [3.05, 3.63) is 112 Å². The second-order valence-electron chi connectivity index (χ2n) is 11.1. The standard InChI is InChI=1S/C33H36N6O3S2/c34-32(31-7-4-20-43-31)37-18-15-29(16-19-37)42-28-10-12-30(13-11-28)44(40,41)39(22-24-5-2-1-3-6-24)27-9-8-25-14-17-38(33(35)36)23-26(25)21-27/h1-13,20-21,29,34H,14-19,22-23H2,(H3,35,36). The maximum Gasteiger partial charge on any atom is 0.264 e. The topological polar surface area (TPSA) is 127 Å². The zero-order valence-corrected chi connectivity index (χ0v) is 26.0. The van der Waals surface area contributed by atoms with Crippen LogP contribution in [-0.2, 0) is 29.5 Å². The minimum absolute atomic E-state index is 0.00415. The second-order valence-corrected chi connectivity index (χ2v) is 13.9. The van der Waals surface area contributed by atoms with Crippen LogP contribution in [0.4, 0.5) is 5.69 Å². The Morgan fingerprint density at radius 3 is 2.34 bits per heavy atom. The van der Waals surface area contributed by atoms with Crippen molar-refractivity contribution in [2.75, 3.05) is 23.9 Å². The van der Waals surface area contributed by atoms with Crippen molar-refractivity contribution in [3.8, 4) is 5.75 Å². The number of piperidine rings is 1. The molecule has 0 unspecified atom stereocenters. The minimum atomic E-state index is -3.93. The fraction of sp³-hybridized carbons (Fsp3) is 0.273. The molecule has 0 bridgehead atoms.